The number of rotatable bonds is 10. The van der Waals surface area contributed by atoms with E-state index in [0.717, 1.165) is 11.0 Å². The lowest BCUT2D eigenvalue weighted by Crippen LogP contribution is -2.39. The first kappa shape index (κ1) is 22.7. The fourth-order valence-electron chi connectivity index (χ4n) is 3.46. The number of fused-ring (bicyclic) bond motifs is 1. The van der Waals surface area contributed by atoms with Crippen LogP contribution in [-0.2, 0) is 27.4 Å². The Labute approximate surface area is 172 Å². The molecule has 0 saturated carbocycles. The van der Waals surface area contributed by atoms with Gasteiger partial charge in [0.2, 0.25) is 0 Å². The lowest BCUT2D eigenvalue weighted by Gasteiger charge is -2.26. The highest BCUT2D eigenvalue weighted by Crippen LogP contribution is 2.13. The second-order valence-electron chi connectivity index (χ2n) is 8.16. The molecule has 1 heterocycles. The average molecular weight is 404 g/mol. The Morgan fingerprint density at radius 3 is 2.07 bits per heavy atom. The second kappa shape index (κ2) is 10.3. The number of amides is 1. The summed E-state index contributed by atoms with van der Waals surface area (Å²) in [6.45, 7) is 11.9. The van der Waals surface area contributed by atoms with Crippen LogP contribution in [0.3, 0.4) is 0 Å². The van der Waals surface area contributed by atoms with Crippen molar-refractivity contribution in [1.29, 1.82) is 0 Å². The molecule has 0 bridgehead atoms. The predicted molar refractivity (Wildman–Crippen MR) is 114 cm³/mol. The molecule has 0 aliphatic heterocycles. The van der Waals surface area contributed by atoms with E-state index in [1.807, 2.05) is 31.2 Å². The minimum Gasteiger partial charge on any atom is -0.456 e. The Morgan fingerprint density at radius 1 is 1.00 bits per heavy atom. The van der Waals surface area contributed by atoms with Gasteiger partial charge in [0.05, 0.1) is 17.5 Å². The molecule has 0 fully saturated rings. The normalized spacial score (nSPS) is 11.4. The van der Waals surface area contributed by atoms with E-state index in [-0.39, 0.29) is 31.2 Å². The minimum atomic E-state index is -0.479. The van der Waals surface area contributed by atoms with Crippen LogP contribution in [-0.4, -0.2) is 45.6 Å². The molecule has 29 heavy (non-hydrogen) atoms. The number of carbonyl (C=O) groups excluding carboxylic acids is 2. The van der Waals surface area contributed by atoms with Gasteiger partial charge in [0.25, 0.3) is 5.91 Å². The molecule has 2 rings (SSSR count). The highest BCUT2D eigenvalue weighted by Gasteiger charge is 2.19. The third kappa shape index (κ3) is 5.95. The molecule has 0 aliphatic rings. The molecule has 0 radical (unpaired) electrons. The number of nitrogens with zero attached hydrogens (tertiary/aromatic N) is 3. The van der Waals surface area contributed by atoms with E-state index in [9.17, 15) is 14.4 Å². The number of carbonyl (C=O) groups is 2. The summed E-state index contributed by atoms with van der Waals surface area (Å²) in [7, 11) is 0. The van der Waals surface area contributed by atoms with Crippen LogP contribution in [0.25, 0.3) is 11.0 Å². The average Bonchev–Trinajstić information content (AvgIpc) is 2.93. The van der Waals surface area contributed by atoms with Gasteiger partial charge < -0.3 is 9.64 Å². The number of aryl methyl sites for hydroxylation is 2. The molecule has 1 amide bonds. The van der Waals surface area contributed by atoms with E-state index >= 15 is 0 Å². The van der Waals surface area contributed by atoms with E-state index in [1.165, 1.54) is 0 Å². The summed E-state index contributed by atoms with van der Waals surface area (Å²) in [4.78, 5) is 39.0. The zero-order valence-electron chi connectivity index (χ0n) is 18.2. The summed E-state index contributed by atoms with van der Waals surface area (Å²) in [5.74, 6) is 0.0282. The molecule has 0 spiro atoms. The zero-order valence-corrected chi connectivity index (χ0v) is 18.2. The standard InChI is InChI=1S/C22H33N3O4/c1-6-24-18-9-7-8-10-19(18)25(22(24)28)12-11-21(27)29-15-20(26)23(13-16(2)3)14-17(4)5/h7-10,16-17H,6,11-15H2,1-5H3. The largest absolute Gasteiger partial charge is 0.456 e. The van der Waals surface area contributed by atoms with Gasteiger partial charge in [-0.2, -0.15) is 0 Å². The molecule has 0 saturated heterocycles. The number of aromatic nitrogens is 2. The van der Waals surface area contributed by atoms with Gasteiger partial charge >= 0.3 is 11.7 Å². The predicted octanol–water partition coefficient (Wildman–Crippen LogP) is 2.90. The van der Waals surface area contributed by atoms with Crippen molar-refractivity contribution in [3.63, 3.8) is 0 Å². The molecule has 1 aromatic heterocycles. The monoisotopic (exact) mass is 403 g/mol. The topological polar surface area (TPSA) is 73.5 Å². The van der Waals surface area contributed by atoms with Crippen LogP contribution in [0.4, 0.5) is 0 Å². The second-order valence-corrected chi connectivity index (χ2v) is 8.16. The molecule has 0 N–H and O–H groups in total. The molecule has 0 unspecified atom stereocenters. The summed E-state index contributed by atoms with van der Waals surface area (Å²) in [5, 5.41) is 0. The number of para-hydroxylation sites is 2. The van der Waals surface area contributed by atoms with Gasteiger partial charge in [-0.1, -0.05) is 39.8 Å². The fourth-order valence-corrected chi connectivity index (χ4v) is 3.46. The van der Waals surface area contributed by atoms with Crippen molar-refractivity contribution in [2.75, 3.05) is 19.7 Å². The van der Waals surface area contributed by atoms with Gasteiger partial charge in [-0.15, -0.1) is 0 Å². The maximum absolute atomic E-state index is 12.6. The third-order valence-electron chi connectivity index (χ3n) is 4.66. The molecule has 0 aliphatic carbocycles. The summed E-state index contributed by atoms with van der Waals surface area (Å²) in [6.07, 6.45) is 0.0409. The first-order chi connectivity index (χ1) is 13.7. The third-order valence-corrected chi connectivity index (χ3v) is 4.66. The minimum absolute atomic E-state index is 0.0409. The summed E-state index contributed by atoms with van der Waals surface area (Å²) in [6, 6.07) is 7.52. The lowest BCUT2D eigenvalue weighted by molar-refractivity contribution is -0.152. The number of ether oxygens (including phenoxy) is 1. The molecular formula is C22H33N3O4. The van der Waals surface area contributed by atoms with E-state index < -0.39 is 5.97 Å². The molecule has 160 valence electrons. The molecule has 1 aromatic carbocycles. The van der Waals surface area contributed by atoms with Crippen LogP contribution >= 0.6 is 0 Å². The Hall–Kier alpha value is -2.57. The van der Waals surface area contributed by atoms with Crippen LogP contribution in [0.1, 0.15) is 41.0 Å². The van der Waals surface area contributed by atoms with E-state index in [1.54, 1.807) is 14.0 Å². The summed E-state index contributed by atoms with van der Waals surface area (Å²) in [5.41, 5.74) is 1.50. The van der Waals surface area contributed by atoms with E-state index in [2.05, 4.69) is 27.7 Å². The van der Waals surface area contributed by atoms with Crippen molar-refractivity contribution in [3.05, 3.63) is 34.7 Å². The van der Waals surface area contributed by atoms with Crippen molar-refractivity contribution in [2.24, 2.45) is 11.8 Å². The van der Waals surface area contributed by atoms with E-state index in [0.29, 0.717) is 31.5 Å². The van der Waals surface area contributed by atoms with Crippen LogP contribution in [0.5, 0.6) is 0 Å². The number of hydrogen-bond donors (Lipinski definition) is 0. The van der Waals surface area contributed by atoms with Crippen LogP contribution in [0.15, 0.2) is 29.1 Å². The smallest absolute Gasteiger partial charge is 0.329 e. The van der Waals surface area contributed by atoms with E-state index in [4.69, 9.17) is 4.74 Å². The first-order valence-corrected chi connectivity index (χ1v) is 10.4. The van der Waals surface area contributed by atoms with Gasteiger partial charge in [-0.05, 0) is 30.9 Å². The number of hydrogen-bond acceptors (Lipinski definition) is 4. The summed E-state index contributed by atoms with van der Waals surface area (Å²) < 4.78 is 8.47. The van der Waals surface area contributed by atoms with Crippen molar-refractivity contribution < 1.29 is 14.3 Å². The Balaban J connectivity index is 1.97. The molecule has 0 atom stereocenters. The van der Waals surface area contributed by atoms with Gasteiger partial charge in [0.1, 0.15) is 0 Å². The quantitative estimate of drug-likeness (QED) is 0.572. The fraction of sp³-hybridized carbons (Fsp3) is 0.591. The van der Waals surface area contributed by atoms with Crippen molar-refractivity contribution >= 4 is 22.9 Å². The maximum atomic E-state index is 12.6. The molecule has 2 aromatic rings. The maximum Gasteiger partial charge on any atom is 0.329 e. The molecule has 7 nitrogen and oxygen atoms in total. The highest BCUT2D eigenvalue weighted by molar-refractivity contribution is 5.81. The zero-order chi connectivity index (χ0) is 21.6. The van der Waals surface area contributed by atoms with Crippen LogP contribution < -0.4 is 5.69 Å². The lowest BCUT2D eigenvalue weighted by atomic mass is 10.1. The Morgan fingerprint density at radius 2 is 1.55 bits per heavy atom. The SMILES string of the molecule is CCn1c(=O)n(CCC(=O)OCC(=O)N(CC(C)C)CC(C)C)c2ccccc21. The van der Waals surface area contributed by atoms with Crippen molar-refractivity contribution in [3.8, 4) is 0 Å². The highest BCUT2D eigenvalue weighted by atomic mass is 16.5. The van der Waals surface area contributed by atoms with Gasteiger partial charge in [-0.3, -0.25) is 18.7 Å². The van der Waals surface area contributed by atoms with Crippen molar-refractivity contribution in [1.82, 2.24) is 14.0 Å². The van der Waals surface area contributed by atoms with Crippen LogP contribution in [0.2, 0.25) is 0 Å². The van der Waals surface area contributed by atoms with Gasteiger partial charge in [-0.25, -0.2) is 4.79 Å². The first-order valence-electron chi connectivity index (χ1n) is 10.4. The van der Waals surface area contributed by atoms with Crippen LogP contribution in [0, 0.1) is 11.8 Å². The summed E-state index contributed by atoms with van der Waals surface area (Å²) >= 11 is 0. The molecule has 7 heteroatoms. The Kier molecular flexibility index (Phi) is 8.05. The number of esters is 1. The van der Waals surface area contributed by atoms with Gasteiger partial charge in [0.15, 0.2) is 6.61 Å². The molecular weight excluding hydrogens is 370 g/mol. The number of benzene rings is 1. The Bertz CT molecular complexity index is 885. The number of imidazole rings is 1. The van der Waals surface area contributed by atoms with Gasteiger partial charge in [0, 0.05) is 26.2 Å². The van der Waals surface area contributed by atoms with Crippen molar-refractivity contribution in [2.45, 2.75) is 54.1 Å².